The molecule has 0 saturated carbocycles. The average molecular weight is 512 g/mol. The van der Waals surface area contributed by atoms with Crippen molar-refractivity contribution in [2.75, 3.05) is 5.32 Å². The van der Waals surface area contributed by atoms with Crippen molar-refractivity contribution >= 4 is 54.9 Å². The lowest BCUT2D eigenvalue weighted by Gasteiger charge is -2.13. The molecule has 0 aliphatic carbocycles. The molecule has 1 heterocycles. The zero-order valence-corrected chi connectivity index (χ0v) is 21.8. The molecule has 40 heavy (non-hydrogen) atoms. The largest absolute Gasteiger partial charge is 0.456 e. The number of furan rings is 1. The predicted molar refractivity (Wildman–Crippen MR) is 169 cm³/mol. The quantitative estimate of drug-likeness (QED) is 0.238. The van der Waals surface area contributed by atoms with Gasteiger partial charge in [0.2, 0.25) is 0 Å². The van der Waals surface area contributed by atoms with Crippen LogP contribution in [0.4, 0.5) is 11.4 Å². The number of para-hydroxylation sites is 1. The Bertz CT molecular complexity index is 2190. The third kappa shape index (κ3) is 3.81. The van der Waals surface area contributed by atoms with E-state index >= 15 is 0 Å². The lowest BCUT2D eigenvalue weighted by Crippen LogP contribution is -1.92. The fourth-order valence-corrected chi connectivity index (χ4v) is 5.89. The van der Waals surface area contributed by atoms with E-state index in [-0.39, 0.29) is 0 Å². The van der Waals surface area contributed by atoms with Crippen molar-refractivity contribution in [3.63, 3.8) is 0 Å². The Morgan fingerprint density at radius 3 is 1.95 bits per heavy atom. The van der Waals surface area contributed by atoms with Crippen molar-refractivity contribution in [1.82, 2.24) is 0 Å². The molecule has 0 spiro atoms. The van der Waals surface area contributed by atoms with Gasteiger partial charge in [-0.05, 0) is 86.3 Å². The molecule has 0 aliphatic rings. The van der Waals surface area contributed by atoms with Crippen LogP contribution in [0.1, 0.15) is 0 Å². The molecule has 0 amide bonds. The molecule has 0 atom stereocenters. The van der Waals surface area contributed by atoms with Crippen LogP contribution in [0.15, 0.2) is 150 Å². The molecule has 0 aliphatic heterocycles. The fourth-order valence-electron chi connectivity index (χ4n) is 5.89. The smallest absolute Gasteiger partial charge is 0.136 e. The van der Waals surface area contributed by atoms with Gasteiger partial charge < -0.3 is 9.73 Å². The highest BCUT2D eigenvalue weighted by molar-refractivity contribution is 6.16. The maximum Gasteiger partial charge on any atom is 0.136 e. The van der Waals surface area contributed by atoms with Crippen molar-refractivity contribution in [3.8, 4) is 22.3 Å². The monoisotopic (exact) mass is 511 g/mol. The summed E-state index contributed by atoms with van der Waals surface area (Å²) in [5, 5.41) is 10.8. The van der Waals surface area contributed by atoms with Crippen molar-refractivity contribution in [1.29, 1.82) is 0 Å². The van der Waals surface area contributed by atoms with Gasteiger partial charge in [0, 0.05) is 22.1 Å². The summed E-state index contributed by atoms with van der Waals surface area (Å²) in [6.45, 7) is 0. The summed E-state index contributed by atoms with van der Waals surface area (Å²) < 4.78 is 6.15. The van der Waals surface area contributed by atoms with E-state index in [0.717, 1.165) is 33.3 Å². The second-order valence-electron chi connectivity index (χ2n) is 10.3. The molecule has 7 aromatic carbocycles. The van der Waals surface area contributed by atoms with Crippen molar-refractivity contribution in [2.45, 2.75) is 0 Å². The van der Waals surface area contributed by atoms with E-state index in [4.69, 9.17) is 4.42 Å². The molecule has 1 aromatic heterocycles. The van der Waals surface area contributed by atoms with Crippen LogP contribution in [0.2, 0.25) is 0 Å². The molecule has 0 bridgehead atoms. The van der Waals surface area contributed by atoms with Gasteiger partial charge in [0.15, 0.2) is 0 Å². The van der Waals surface area contributed by atoms with E-state index in [1.165, 1.54) is 43.8 Å². The van der Waals surface area contributed by atoms with Crippen LogP contribution in [0.3, 0.4) is 0 Å². The van der Waals surface area contributed by atoms with Gasteiger partial charge in [0.05, 0.1) is 0 Å². The molecule has 0 saturated heterocycles. The highest BCUT2D eigenvalue weighted by atomic mass is 16.3. The lowest BCUT2D eigenvalue weighted by molar-refractivity contribution is 0.669. The first kappa shape index (κ1) is 22.6. The topological polar surface area (TPSA) is 25.2 Å². The van der Waals surface area contributed by atoms with Crippen molar-refractivity contribution in [3.05, 3.63) is 146 Å². The van der Waals surface area contributed by atoms with Gasteiger partial charge in [-0.2, -0.15) is 0 Å². The zero-order chi connectivity index (χ0) is 26.5. The van der Waals surface area contributed by atoms with E-state index in [9.17, 15) is 0 Å². The SMILES string of the molecule is c1ccc(-c2ccccc2-c2cccc(Nc3ccc4ccc5cc6oc7ccccc7c6cc5c4c3)c2)cc1. The summed E-state index contributed by atoms with van der Waals surface area (Å²) >= 11 is 0. The molecule has 0 radical (unpaired) electrons. The molecular weight excluding hydrogens is 486 g/mol. The number of rotatable bonds is 4. The Labute approximate surface area is 232 Å². The number of hydrogen-bond acceptors (Lipinski definition) is 2. The predicted octanol–water partition coefficient (Wildman–Crippen LogP) is 11.0. The first-order chi connectivity index (χ1) is 19.8. The summed E-state index contributed by atoms with van der Waals surface area (Å²) in [4.78, 5) is 0. The van der Waals surface area contributed by atoms with E-state index in [0.29, 0.717) is 0 Å². The van der Waals surface area contributed by atoms with Gasteiger partial charge in [-0.3, -0.25) is 0 Å². The molecule has 1 N–H and O–H groups in total. The Morgan fingerprint density at radius 1 is 0.375 bits per heavy atom. The molecule has 2 heteroatoms. The second-order valence-corrected chi connectivity index (χ2v) is 10.3. The third-order valence-electron chi connectivity index (χ3n) is 7.81. The van der Waals surface area contributed by atoms with Crippen LogP contribution in [-0.4, -0.2) is 0 Å². The van der Waals surface area contributed by atoms with Gasteiger partial charge >= 0.3 is 0 Å². The summed E-state index contributed by atoms with van der Waals surface area (Å²) in [7, 11) is 0. The third-order valence-corrected chi connectivity index (χ3v) is 7.81. The van der Waals surface area contributed by atoms with Gasteiger partial charge in [0.1, 0.15) is 11.2 Å². The van der Waals surface area contributed by atoms with Crippen molar-refractivity contribution in [2.24, 2.45) is 0 Å². The van der Waals surface area contributed by atoms with Crippen LogP contribution in [-0.2, 0) is 0 Å². The molecule has 0 fully saturated rings. The maximum absolute atomic E-state index is 6.15. The zero-order valence-electron chi connectivity index (χ0n) is 21.8. The Hall–Kier alpha value is -5.34. The number of anilines is 2. The minimum atomic E-state index is 0.924. The van der Waals surface area contributed by atoms with E-state index in [1.54, 1.807) is 0 Å². The van der Waals surface area contributed by atoms with E-state index in [1.807, 2.05) is 12.1 Å². The van der Waals surface area contributed by atoms with Gasteiger partial charge in [-0.15, -0.1) is 0 Å². The average Bonchev–Trinajstić information content (AvgIpc) is 3.38. The summed E-state index contributed by atoms with van der Waals surface area (Å²) in [6, 6.07) is 51.5. The Morgan fingerprint density at radius 2 is 1.05 bits per heavy atom. The molecule has 0 unspecified atom stereocenters. The maximum atomic E-state index is 6.15. The van der Waals surface area contributed by atoms with E-state index in [2.05, 4.69) is 139 Å². The minimum Gasteiger partial charge on any atom is -0.456 e. The van der Waals surface area contributed by atoms with Crippen LogP contribution in [0.5, 0.6) is 0 Å². The minimum absolute atomic E-state index is 0.924. The number of hydrogen-bond donors (Lipinski definition) is 1. The van der Waals surface area contributed by atoms with Crippen LogP contribution in [0, 0.1) is 0 Å². The first-order valence-electron chi connectivity index (χ1n) is 13.6. The lowest BCUT2D eigenvalue weighted by atomic mass is 9.94. The molecular formula is C38H25NO. The summed E-state index contributed by atoms with van der Waals surface area (Å²) in [6.07, 6.45) is 0. The number of benzene rings is 7. The highest BCUT2D eigenvalue weighted by Crippen LogP contribution is 2.37. The Balaban J connectivity index is 1.21. The molecule has 8 aromatic rings. The second kappa shape index (κ2) is 9.14. The normalized spacial score (nSPS) is 11.5. The van der Waals surface area contributed by atoms with E-state index < -0.39 is 0 Å². The highest BCUT2D eigenvalue weighted by Gasteiger charge is 2.11. The first-order valence-corrected chi connectivity index (χ1v) is 13.6. The standard InChI is InChI=1S/C38H25NO/c1-2-9-25(10-3-1)31-13-4-5-14-32(31)27-11-8-12-29(21-27)39-30-20-19-26-17-18-28-22-38-36(24-35(28)34(26)23-30)33-15-6-7-16-37(33)40-38/h1-24,39H. The van der Waals surface area contributed by atoms with Crippen LogP contribution < -0.4 is 5.32 Å². The Kier molecular flexibility index (Phi) is 5.17. The van der Waals surface area contributed by atoms with Crippen LogP contribution in [0.25, 0.3) is 65.7 Å². The fraction of sp³-hybridized carbons (Fsp3) is 0. The summed E-state index contributed by atoms with van der Waals surface area (Å²) in [5.74, 6) is 0. The molecule has 188 valence electrons. The summed E-state index contributed by atoms with van der Waals surface area (Å²) in [5.41, 5.74) is 8.83. The molecule has 2 nitrogen and oxygen atoms in total. The van der Waals surface area contributed by atoms with Crippen LogP contribution >= 0.6 is 0 Å². The van der Waals surface area contributed by atoms with Gasteiger partial charge in [-0.25, -0.2) is 0 Å². The van der Waals surface area contributed by atoms with Gasteiger partial charge in [-0.1, -0.05) is 103 Å². The van der Waals surface area contributed by atoms with Crippen molar-refractivity contribution < 1.29 is 4.42 Å². The number of fused-ring (bicyclic) bond motifs is 6. The molecule has 8 rings (SSSR count). The van der Waals surface area contributed by atoms with Gasteiger partial charge in [0.25, 0.3) is 0 Å². The number of nitrogens with one attached hydrogen (secondary N) is 1.